The molecule has 31 heavy (non-hydrogen) atoms. The lowest BCUT2D eigenvalue weighted by Gasteiger charge is -2.24. The molecule has 154 valence electrons. The zero-order valence-corrected chi connectivity index (χ0v) is 16.6. The van der Waals surface area contributed by atoms with Crippen molar-refractivity contribution in [1.82, 2.24) is 4.98 Å². The van der Waals surface area contributed by atoms with E-state index in [2.05, 4.69) is 11.6 Å². The molecule has 3 aromatic rings. The van der Waals surface area contributed by atoms with E-state index in [1.807, 2.05) is 30.3 Å². The number of carbonyl (C=O) groups is 2. The van der Waals surface area contributed by atoms with Gasteiger partial charge in [-0.15, -0.1) is 0 Å². The number of Topliss-reactive ketones (excluding diaryl/α,β-unsaturated/α-hetero) is 1. The average molecular weight is 412 g/mol. The SMILES string of the molecule is C=CCOc1ccc(C(O)=C2C(=O)C(=O)N(c3ccccn3)[C@@H]2c2ccccc2)cc1. The van der Waals surface area contributed by atoms with Crippen molar-refractivity contribution in [2.75, 3.05) is 11.5 Å². The van der Waals surface area contributed by atoms with Crippen LogP contribution in [0.2, 0.25) is 0 Å². The number of benzene rings is 2. The van der Waals surface area contributed by atoms with Crippen LogP contribution in [0.15, 0.2) is 97.2 Å². The summed E-state index contributed by atoms with van der Waals surface area (Å²) >= 11 is 0. The Balaban J connectivity index is 1.83. The number of hydrogen-bond acceptors (Lipinski definition) is 5. The van der Waals surface area contributed by atoms with Gasteiger partial charge in [-0.1, -0.05) is 49.1 Å². The third-order valence-electron chi connectivity index (χ3n) is 4.95. The van der Waals surface area contributed by atoms with Crippen molar-refractivity contribution < 1.29 is 19.4 Å². The number of aromatic nitrogens is 1. The van der Waals surface area contributed by atoms with Gasteiger partial charge in [0.1, 0.15) is 23.9 Å². The van der Waals surface area contributed by atoms with Crippen molar-refractivity contribution in [2.45, 2.75) is 6.04 Å². The van der Waals surface area contributed by atoms with Crippen LogP contribution in [0.3, 0.4) is 0 Å². The average Bonchev–Trinajstić information content (AvgIpc) is 3.09. The molecule has 0 unspecified atom stereocenters. The van der Waals surface area contributed by atoms with Crippen LogP contribution in [-0.4, -0.2) is 28.4 Å². The van der Waals surface area contributed by atoms with Crippen molar-refractivity contribution in [1.29, 1.82) is 0 Å². The van der Waals surface area contributed by atoms with Gasteiger partial charge in [0.15, 0.2) is 0 Å². The smallest absolute Gasteiger partial charge is 0.301 e. The zero-order chi connectivity index (χ0) is 21.8. The quantitative estimate of drug-likeness (QED) is 0.283. The minimum Gasteiger partial charge on any atom is -0.507 e. The lowest BCUT2D eigenvalue weighted by atomic mass is 9.95. The molecule has 6 nitrogen and oxygen atoms in total. The van der Waals surface area contributed by atoms with Gasteiger partial charge >= 0.3 is 5.91 Å². The van der Waals surface area contributed by atoms with Gasteiger partial charge in [0.05, 0.1) is 11.6 Å². The first-order valence-corrected chi connectivity index (χ1v) is 9.73. The molecule has 2 aromatic carbocycles. The van der Waals surface area contributed by atoms with Gasteiger partial charge in [-0.3, -0.25) is 14.5 Å². The molecule has 1 aromatic heterocycles. The van der Waals surface area contributed by atoms with E-state index in [4.69, 9.17) is 4.74 Å². The number of aliphatic hydroxyl groups excluding tert-OH is 1. The number of ether oxygens (including phenoxy) is 1. The molecular weight excluding hydrogens is 392 g/mol. The Bertz CT molecular complexity index is 1140. The number of carbonyl (C=O) groups excluding carboxylic acids is 2. The van der Waals surface area contributed by atoms with Crippen LogP contribution < -0.4 is 9.64 Å². The van der Waals surface area contributed by atoms with Gasteiger partial charge in [0, 0.05) is 11.8 Å². The molecule has 1 amide bonds. The van der Waals surface area contributed by atoms with E-state index >= 15 is 0 Å². The highest BCUT2D eigenvalue weighted by atomic mass is 16.5. The van der Waals surface area contributed by atoms with Crippen LogP contribution in [0.4, 0.5) is 5.82 Å². The highest BCUT2D eigenvalue weighted by Gasteiger charge is 2.47. The topological polar surface area (TPSA) is 79.7 Å². The molecule has 1 saturated heterocycles. The maximum atomic E-state index is 13.0. The van der Waals surface area contributed by atoms with E-state index in [9.17, 15) is 14.7 Å². The molecule has 0 bridgehead atoms. The van der Waals surface area contributed by atoms with E-state index in [-0.39, 0.29) is 11.3 Å². The molecule has 4 rings (SSSR count). The number of amides is 1. The standard InChI is InChI=1S/C25H20N2O4/c1-2-16-31-19-13-11-18(12-14-19)23(28)21-22(17-8-4-3-5-9-17)27(25(30)24(21)29)20-10-6-7-15-26-20/h2-15,22,28H,1,16H2/t22-/m1/s1. The predicted molar refractivity (Wildman–Crippen MR) is 118 cm³/mol. The highest BCUT2D eigenvalue weighted by molar-refractivity contribution is 6.51. The molecule has 6 heteroatoms. The lowest BCUT2D eigenvalue weighted by Crippen LogP contribution is -2.30. The monoisotopic (exact) mass is 412 g/mol. The summed E-state index contributed by atoms with van der Waals surface area (Å²) in [6, 6.07) is 20.1. The number of nitrogens with zero attached hydrogens (tertiary/aromatic N) is 2. The summed E-state index contributed by atoms with van der Waals surface area (Å²) in [6.07, 6.45) is 3.19. The third kappa shape index (κ3) is 3.83. The number of aliphatic hydroxyl groups is 1. The molecule has 2 heterocycles. The van der Waals surface area contributed by atoms with Gasteiger partial charge in [-0.2, -0.15) is 0 Å². The fourth-order valence-corrected chi connectivity index (χ4v) is 3.54. The van der Waals surface area contributed by atoms with Gasteiger partial charge in [-0.25, -0.2) is 4.98 Å². The number of pyridine rings is 1. The van der Waals surface area contributed by atoms with E-state index in [0.29, 0.717) is 29.3 Å². The van der Waals surface area contributed by atoms with Crippen LogP contribution in [0, 0.1) is 0 Å². The van der Waals surface area contributed by atoms with Gasteiger partial charge in [-0.05, 0) is 42.0 Å². The zero-order valence-electron chi connectivity index (χ0n) is 16.6. The highest BCUT2D eigenvalue weighted by Crippen LogP contribution is 2.41. The Hall–Kier alpha value is -4.19. The number of hydrogen-bond donors (Lipinski definition) is 1. The molecule has 1 aliphatic rings. The van der Waals surface area contributed by atoms with Crippen LogP contribution in [-0.2, 0) is 9.59 Å². The lowest BCUT2D eigenvalue weighted by molar-refractivity contribution is -0.132. The first-order chi connectivity index (χ1) is 15.1. The van der Waals surface area contributed by atoms with Crippen molar-refractivity contribution in [2.24, 2.45) is 0 Å². The Kier molecular flexibility index (Phi) is 5.62. The second kappa shape index (κ2) is 8.67. The van der Waals surface area contributed by atoms with Crippen molar-refractivity contribution >= 4 is 23.3 Å². The summed E-state index contributed by atoms with van der Waals surface area (Å²) < 4.78 is 5.47. The molecule has 1 atom stereocenters. The number of rotatable bonds is 6. The van der Waals surface area contributed by atoms with E-state index < -0.39 is 17.7 Å². The molecule has 1 aliphatic heterocycles. The van der Waals surface area contributed by atoms with Crippen molar-refractivity contribution in [3.63, 3.8) is 0 Å². The molecule has 0 saturated carbocycles. The maximum absolute atomic E-state index is 13.0. The minimum absolute atomic E-state index is 0.0154. The van der Waals surface area contributed by atoms with Crippen molar-refractivity contribution in [3.05, 3.63) is 108 Å². The summed E-state index contributed by atoms with van der Waals surface area (Å²) in [4.78, 5) is 31.6. The molecule has 0 aliphatic carbocycles. The Morgan fingerprint density at radius 1 is 1.03 bits per heavy atom. The Morgan fingerprint density at radius 2 is 1.74 bits per heavy atom. The van der Waals surface area contributed by atoms with E-state index in [1.165, 1.54) is 4.90 Å². The van der Waals surface area contributed by atoms with Gasteiger partial charge in [0.25, 0.3) is 5.78 Å². The molecule has 0 radical (unpaired) electrons. The van der Waals surface area contributed by atoms with Gasteiger partial charge in [0.2, 0.25) is 0 Å². The first-order valence-electron chi connectivity index (χ1n) is 9.73. The fraction of sp³-hybridized carbons (Fsp3) is 0.0800. The van der Waals surface area contributed by atoms with Crippen LogP contribution in [0.5, 0.6) is 5.75 Å². The molecule has 1 fully saturated rings. The molecular formula is C25H20N2O4. The second-order valence-electron chi connectivity index (χ2n) is 6.89. The summed E-state index contributed by atoms with van der Waals surface area (Å²) in [6.45, 7) is 3.96. The number of ketones is 1. The summed E-state index contributed by atoms with van der Waals surface area (Å²) in [5.74, 6) is -0.805. The van der Waals surface area contributed by atoms with Crippen LogP contribution >= 0.6 is 0 Å². The largest absolute Gasteiger partial charge is 0.507 e. The minimum atomic E-state index is -0.798. The summed E-state index contributed by atoms with van der Waals surface area (Å²) in [7, 11) is 0. The number of anilines is 1. The Labute approximate surface area is 179 Å². The maximum Gasteiger partial charge on any atom is 0.301 e. The normalized spacial score (nSPS) is 17.5. The summed E-state index contributed by atoms with van der Waals surface area (Å²) in [5.41, 5.74) is 1.12. The molecule has 0 spiro atoms. The molecule has 1 N–H and O–H groups in total. The van der Waals surface area contributed by atoms with E-state index in [1.54, 1.807) is 54.7 Å². The van der Waals surface area contributed by atoms with E-state index in [0.717, 1.165) is 0 Å². The second-order valence-corrected chi connectivity index (χ2v) is 6.89. The first kappa shape index (κ1) is 20.1. The van der Waals surface area contributed by atoms with Crippen LogP contribution in [0.1, 0.15) is 17.2 Å². The fourth-order valence-electron chi connectivity index (χ4n) is 3.54. The van der Waals surface area contributed by atoms with Crippen LogP contribution in [0.25, 0.3) is 5.76 Å². The predicted octanol–water partition coefficient (Wildman–Crippen LogP) is 4.27. The third-order valence-corrected chi connectivity index (χ3v) is 4.95. The van der Waals surface area contributed by atoms with Crippen molar-refractivity contribution in [3.8, 4) is 5.75 Å². The Morgan fingerprint density at radius 3 is 2.39 bits per heavy atom. The summed E-state index contributed by atoms with van der Waals surface area (Å²) in [5, 5.41) is 11.1. The van der Waals surface area contributed by atoms with Gasteiger partial charge < -0.3 is 9.84 Å².